The second kappa shape index (κ2) is 4.00. The van der Waals surface area contributed by atoms with Gasteiger partial charge >= 0.3 is 0 Å². The van der Waals surface area contributed by atoms with Gasteiger partial charge in [-0.25, -0.2) is 0 Å². The fourth-order valence-electron chi connectivity index (χ4n) is 1.48. The van der Waals surface area contributed by atoms with Crippen molar-refractivity contribution in [2.75, 3.05) is 25.2 Å². The van der Waals surface area contributed by atoms with Gasteiger partial charge in [-0.15, -0.1) is 0 Å². The van der Waals surface area contributed by atoms with E-state index >= 15 is 0 Å². The maximum absolute atomic E-state index is 11.3. The quantitative estimate of drug-likeness (QED) is 0.660. The zero-order chi connectivity index (χ0) is 10.8. The lowest BCUT2D eigenvalue weighted by atomic mass is 10.1. The maximum atomic E-state index is 11.3. The molecule has 1 aliphatic heterocycles. The number of nitrogens with zero attached hydrogens (tertiary/aromatic N) is 3. The Balaban J connectivity index is 1.98. The van der Waals surface area contributed by atoms with Crippen LogP contribution in [-0.4, -0.2) is 42.0 Å². The molecule has 2 rings (SSSR count). The van der Waals surface area contributed by atoms with E-state index in [2.05, 4.69) is 5.10 Å². The molecule has 1 aliphatic rings. The van der Waals surface area contributed by atoms with Crippen LogP contribution >= 0.6 is 0 Å². The highest BCUT2D eigenvalue weighted by Crippen LogP contribution is 2.19. The predicted molar refractivity (Wildman–Crippen MR) is 54.4 cm³/mol. The summed E-state index contributed by atoms with van der Waals surface area (Å²) in [5.41, 5.74) is 6.30. The molecule has 1 aromatic rings. The van der Waals surface area contributed by atoms with Gasteiger partial charge in [0.25, 0.3) is 0 Å². The number of nitrogens with two attached hydrogens (primary N) is 1. The minimum Gasteiger partial charge on any atom is -0.383 e. The summed E-state index contributed by atoms with van der Waals surface area (Å²) in [7, 11) is 1.64. The van der Waals surface area contributed by atoms with E-state index in [-0.39, 0.29) is 11.9 Å². The molecular formula is C9H14N4O2. The molecule has 2 heterocycles. The van der Waals surface area contributed by atoms with Crippen molar-refractivity contribution in [3.8, 4) is 0 Å². The number of β-lactam (4-membered cyclic amide) rings is 1. The summed E-state index contributed by atoms with van der Waals surface area (Å²) in [5.74, 6) is -0.0405. The molecule has 1 atom stereocenters. The van der Waals surface area contributed by atoms with Crippen molar-refractivity contribution in [1.29, 1.82) is 0 Å². The van der Waals surface area contributed by atoms with Gasteiger partial charge in [0.2, 0.25) is 5.91 Å². The topological polar surface area (TPSA) is 73.4 Å². The number of methoxy groups -OCH3 is 1. The Kier molecular flexibility index (Phi) is 2.70. The number of amides is 1. The van der Waals surface area contributed by atoms with Crippen LogP contribution in [0.15, 0.2) is 12.4 Å². The van der Waals surface area contributed by atoms with Crippen LogP contribution in [0.1, 0.15) is 0 Å². The molecular weight excluding hydrogens is 196 g/mol. The minimum atomic E-state index is -0.340. The van der Waals surface area contributed by atoms with Crippen molar-refractivity contribution in [2.45, 2.75) is 12.6 Å². The molecule has 15 heavy (non-hydrogen) atoms. The van der Waals surface area contributed by atoms with E-state index < -0.39 is 0 Å². The van der Waals surface area contributed by atoms with E-state index in [9.17, 15) is 4.79 Å². The van der Waals surface area contributed by atoms with Crippen molar-refractivity contribution < 1.29 is 9.53 Å². The van der Waals surface area contributed by atoms with Crippen molar-refractivity contribution in [3.05, 3.63) is 12.4 Å². The van der Waals surface area contributed by atoms with Gasteiger partial charge in [-0.1, -0.05) is 0 Å². The third-order valence-corrected chi connectivity index (χ3v) is 2.42. The number of rotatable bonds is 4. The first kappa shape index (κ1) is 10.1. The summed E-state index contributed by atoms with van der Waals surface area (Å²) >= 11 is 0. The van der Waals surface area contributed by atoms with Crippen molar-refractivity contribution in [3.63, 3.8) is 0 Å². The number of hydrogen-bond donors (Lipinski definition) is 1. The molecule has 1 aromatic heterocycles. The average molecular weight is 210 g/mol. The number of hydrogen-bond acceptors (Lipinski definition) is 4. The van der Waals surface area contributed by atoms with E-state index in [1.54, 1.807) is 22.9 Å². The predicted octanol–water partition coefficient (Wildman–Crippen LogP) is -0.797. The van der Waals surface area contributed by atoms with Gasteiger partial charge in [0.15, 0.2) is 0 Å². The van der Waals surface area contributed by atoms with E-state index in [1.807, 2.05) is 6.20 Å². The first-order valence-corrected chi connectivity index (χ1v) is 4.80. The molecule has 1 amide bonds. The maximum Gasteiger partial charge on any atom is 0.245 e. The Morgan fingerprint density at radius 3 is 3.13 bits per heavy atom. The van der Waals surface area contributed by atoms with Gasteiger partial charge in [0, 0.05) is 13.3 Å². The minimum absolute atomic E-state index is 0.0405. The number of aromatic nitrogens is 2. The number of anilines is 1. The van der Waals surface area contributed by atoms with Gasteiger partial charge in [0.05, 0.1) is 31.6 Å². The lowest BCUT2D eigenvalue weighted by Gasteiger charge is -2.34. The number of carbonyl (C=O) groups is 1. The van der Waals surface area contributed by atoms with Crippen LogP contribution in [0.4, 0.5) is 5.69 Å². The van der Waals surface area contributed by atoms with Crippen LogP contribution in [0.25, 0.3) is 0 Å². The molecule has 0 aliphatic carbocycles. The van der Waals surface area contributed by atoms with Gasteiger partial charge < -0.3 is 15.4 Å². The molecule has 1 saturated heterocycles. The van der Waals surface area contributed by atoms with Gasteiger partial charge in [0.1, 0.15) is 6.04 Å². The van der Waals surface area contributed by atoms with Gasteiger partial charge in [-0.2, -0.15) is 5.10 Å². The van der Waals surface area contributed by atoms with Gasteiger partial charge in [-0.3, -0.25) is 9.48 Å². The first-order chi connectivity index (χ1) is 7.22. The fraction of sp³-hybridized carbons (Fsp3) is 0.556. The normalized spacial score (nSPS) is 20.5. The van der Waals surface area contributed by atoms with Crippen LogP contribution in [0, 0.1) is 0 Å². The van der Waals surface area contributed by atoms with Gasteiger partial charge in [-0.05, 0) is 0 Å². The molecule has 0 bridgehead atoms. The summed E-state index contributed by atoms with van der Waals surface area (Å²) in [6, 6.07) is -0.340. The zero-order valence-corrected chi connectivity index (χ0v) is 8.59. The van der Waals surface area contributed by atoms with Crippen molar-refractivity contribution in [1.82, 2.24) is 9.78 Å². The standard InChI is InChI=1S/C9H14N4O2/c1-15-3-2-12-5-7(4-11-12)13-6-8(10)9(13)14/h4-5,8H,2-3,6,10H2,1H3. The van der Waals surface area contributed by atoms with E-state index in [0.29, 0.717) is 19.7 Å². The summed E-state index contributed by atoms with van der Waals surface area (Å²) in [4.78, 5) is 13.0. The smallest absolute Gasteiger partial charge is 0.245 e. The van der Waals surface area contributed by atoms with Crippen LogP contribution < -0.4 is 10.6 Å². The largest absolute Gasteiger partial charge is 0.383 e. The molecule has 1 unspecified atom stereocenters. The molecule has 6 heteroatoms. The highest BCUT2D eigenvalue weighted by molar-refractivity contribution is 6.03. The molecule has 0 radical (unpaired) electrons. The fourth-order valence-corrected chi connectivity index (χ4v) is 1.48. The number of carbonyl (C=O) groups excluding carboxylic acids is 1. The summed E-state index contributed by atoms with van der Waals surface area (Å²) in [6.07, 6.45) is 3.49. The Morgan fingerprint density at radius 1 is 1.73 bits per heavy atom. The highest BCUT2D eigenvalue weighted by atomic mass is 16.5. The molecule has 6 nitrogen and oxygen atoms in total. The van der Waals surface area contributed by atoms with Crippen molar-refractivity contribution in [2.24, 2.45) is 5.73 Å². The average Bonchev–Trinajstić information content (AvgIpc) is 2.70. The van der Waals surface area contributed by atoms with Crippen molar-refractivity contribution >= 4 is 11.6 Å². The van der Waals surface area contributed by atoms with Crippen LogP contribution in [0.2, 0.25) is 0 Å². The lowest BCUT2D eigenvalue weighted by Crippen LogP contribution is -2.61. The molecule has 0 aromatic carbocycles. The summed E-state index contributed by atoms with van der Waals surface area (Å²) in [5, 5.41) is 4.12. The molecule has 0 saturated carbocycles. The monoisotopic (exact) mass is 210 g/mol. The second-order valence-electron chi connectivity index (χ2n) is 3.51. The third-order valence-electron chi connectivity index (χ3n) is 2.42. The Labute approximate surface area is 87.6 Å². The second-order valence-corrected chi connectivity index (χ2v) is 3.51. The Bertz CT molecular complexity index is 363. The van der Waals surface area contributed by atoms with E-state index in [0.717, 1.165) is 5.69 Å². The first-order valence-electron chi connectivity index (χ1n) is 4.80. The van der Waals surface area contributed by atoms with E-state index in [1.165, 1.54) is 0 Å². The SMILES string of the molecule is COCCn1cc(N2CC(N)C2=O)cn1. The highest BCUT2D eigenvalue weighted by Gasteiger charge is 2.35. The van der Waals surface area contributed by atoms with Crippen LogP contribution in [-0.2, 0) is 16.1 Å². The summed E-state index contributed by atoms with van der Waals surface area (Å²) in [6.45, 7) is 1.87. The summed E-state index contributed by atoms with van der Waals surface area (Å²) < 4.78 is 6.68. The lowest BCUT2D eigenvalue weighted by molar-refractivity contribution is -0.123. The number of ether oxygens (including phenoxy) is 1. The Morgan fingerprint density at radius 2 is 2.53 bits per heavy atom. The molecule has 0 spiro atoms. The third kappa shape index (κ3) is 1.86. The van der Waals surface area contributed by atoms with E-state index in [4.69, 9.17) is 10.5 Å². The van der Waals surface area contributed by atoms with Crippen LogP contribution in [0.3, 0.4) is 0 Å². The molecule has 1 fully saturated rings. The zero-order valence-electron chi connectivity index (χ0n) is 8.59. The molecule has 82 valence electrons. The molecule has 2 N–H and O–H groups in total. The Hall–Kier alpha value is -1.40. The van der Waals surface area contributed by atoms with Crippen LogP contribution in [0.5, 0.6) is 0 Å².